The fraction of sp³-hybridized carbons (Fsp3) is 0.250. The molecule has 0 aliphatic carbocycles. The second kappa shape index (κ2) is 9.87. The van der Waals surface area contributed by atoms with Gasteiger partial charge in [0, 0.05) is 35.8 Å². The van der Waals surface area contributed by atoms with E-state index in [-0.39, 0.29) is 23.8 Å². The Hall–Kier alpha value is -3.32. The summed E-state index contributed by atoms with van der Waals surface area (Å²) in [7, 11) is 1.63. The van der Waals surface area contributed by atoms with Crippen LogP contribution in [0.15, 0.2) is 66.9 Å². The lowest BCUT2D eigenvalue weighted by atomic mass is 9.86. The Labute approximate surface area is 191 Å². The Balaban J connectivity index is 1.51. The quantitative estimate of drug-likeness (QED) is 0.565. The molecule has 1 saturated heterocycles. The van der Waals surface area contributed by atoms with Crippen molar-refractivity contribution in [3.05, 3.63) is 83.3 Å². The highest BCUT2D eigenvalue weighted by Crippen LogP contribution is 2.31. The van der Waals surface area contributed by atoms with E-state index in [1.165, 1.54) is 12.3 Å². The fourth-order valence-corrected chi connectivity index (χ4v) is 4.07. The van der Waals surface area contributed by atoms with Crippen LogP contribution in [-0.4, -0.2) is 37.3 Å². The van der Waals surface area contributed by atoms with Crippen molar-refractivity contribution in [1.82, 2.24) is 10.3 Å². The number of nitrogens with zero attached hydrogens (tertiary/aromatic N) is 2. The van der Waals surface area contributed by atoms with Crippen LogP contribution in [0.5, 0.6) is 5.75 Å². The Kier molecular flexibility index (Phi) is 6.75. The first-order valence-corrected chi connectivity index (χ1v) is 10.7. The summed E-state index contributed by atoms with van der Waals surface area (Å²) in [4.78, 5) is 19.0. The van der Waals surface area contributed by atoms with Crippen LogP contribution in [0.2, 0.25) is 5.02 Å². The van der Waals surface area contributed by atoms with Crippen molar-refractivity contribution in [3.63, 3.8) is 0 Å². The minimum atomic E-state index is -0.365. The number of hydrogen-bond donors (Lipinski definition) is 2. The number of aromatic nitrogens is 1. The number of carbonyl (C=O) groups is 1. The van der Waals surface area contributed by atoms with E-state index in [0.29, 0.717) is 36.0 Å². The molecule has 1 aromatic heterocycles. The van der Waals surface area contributed by atoms with Crippen LogP contribution in [-0.2, 0) is 0 Å². The number of ether oxygens (including phenoxy) is 1. The molecule has 1 unspecified atom stereocenters. The minimum absolute atomic E-state index is 0.0116. The molecule has 1 aliphatic rings. The van der Waals surface area contributed by atoms with Gasteiger partial charge in [-0.05, 0) is 60.5 Å². The maximum Gasteiger partial charge on any atom is 0.319 e. The van der Waals surface area contributed by atoms with Crippen LogP contribution in [0, 0.1) is 5.82 Å². The zero-order chi connectivity index (χ0) is 22.5. The first-order valence-electron chi connectivity index (χ1n) is 10.4. The molecule has 0 bridgehead atoms. The highest BCUT2D eigenvalue weighted by molar-refractivity contribution is 6.30. The fourth-order valence-electron chi connectivity index (χ4n) is 3.95. The minimum Gasteiger partial charge on any atom is -0.497 e. The van der Waals surface area contributed by atoms with Gasteiger partial charge in [0.05, 0.1) is 13.3 Å². The first-order chi connectivity index (χ1) is 15.5. The maximum atomic E-state index is 13.3. The number of rotatable bonds is 5. The van der Waals surface area contributed by atoms with Gasteiger partial charge < -0.3 is 20.3 Å². The summed E-state index contributed by atoms with van der Waals surface area (Å²) in [6.45, 7) is 1.33. The predicted octanol–water partition coefficient (Wildman–Crippen LogP) is 5.07. The zero-order valence-electron chi connectivity index (χ0n) is 17.6. The van der Waals surface area contributed by atoms with E-state index in [1.807, 2.05) is 24.3 Å². The molecule has 166 valence electrons. The second-order valence-corrected chi connectivity index (χ2v) is 8.10. The van der Waals surface area contributed by atoms with Gasteiger partial charge in [0.2, 0.25) is 0 Å². The number of benzene rings is 2. The average Bonchev–Trinajstić information content (AvgIpc) is 2.81. The summed E-state index contributed by atoms with van der Waals surface area (Å²) in [6, 6.07) is 17.5. The molecule has 0 saturated carbocycles. The zero-order valence-corrected chi connectivity index (χ0v) is 18.3. The molecule has 0 radical (unpaired) electrons. The van der Waals surface area contributed by atoms with Crippen molar-refractivity contribution in [3.8, 4) is 5.75 Å². The summed E-state index contributed by atoms with van der Waals surface area (Å²) in [5, 5.41) is 6.59. The third kappa shape index (κ3) is 5.29. The highest BCUT2D eigenvalue weighted by atomic mass is 35.5. The maximum absolute atomic E-state index is 13.3. The van der Waals surface area contributed by atoms with Gasteiger partial charge in [-0.3, -0.25) is 0 Å². The molecular weight excluding hydrogens is 431 g/mol. The van der Waals surface area contributed by atoms with E-state index in [1.54, 1.807) is 37.4 Å². The van der Waals surface area contributed by atoms with Crippen LogP contribution < -0.4 is 20.3 Å². The topological polar surface area (TPSA) is 66.5 Å². The van der Waals surface area contributed by atoms with Crippen molar-refractivity contribution in [2.24, 2.45) is 0 Å². The molecule has 4 rings (SSSR count). The van der Waals surface area contributed by atoms with Crippen molar-refractivity contribution in [2.75, 3.05) is 30.4 Å². The first kappa shape index (κ1) is 21.9. The van der Waals surface area contributed by atoms with Gasteiger partial charge in [-0.1, -0.05) is 23.7 Å². The Morgan fingerprint density at radius 3 is 2.53 bits per heavy atom. The Bertz CT molecular complexity index is 1050. The Morgan fingerprint density at radius 2 is 1.88 bits per heavy atom. The number of amides is 2. The lowest BCUT2D eigenvalue weighted by Gasteiger charge is -2.39. The SMILES string of the molecule is COc1ccc(C2CN(c3ccc(F)cn3)CC[C@H]2NC(=O)Nc2ccc(Cl)cc2)cc1. The monoisotopic (exact) mass is 454 g/mol. The molecule has 2 amide bonds. The number of methoxy groups -OCH3 is 1. The van der Waals surface area contributed by atoms with Crippen molar-refractivity contribution in [1.29, 1.82) is 0 Å². The molecule has 2 heterocycles. The third-order valence-corrected chi connectivity index (χ3v) is 5.86. The summed E-state index contributed by atoms with van der Waals surface area (Å²) in [5.41, 5.74) is 1.75. The lowest BCUT2D eigenvalue weighted by molar-refractivity contribution is 0.243. The van der Waals surface area contributed by atoms with Gasteiger partial charge >= 0.3 is 6.03 Å². The normalized spacial score (nSPS) is 18.2. The standard InChI is InChI=1S/C24H24ClFN4O2/c1-32-20-9-2-16(3-10-20)21-15-30(23-11-6-18(26)14-27-23)13-12-22(21)29-24(31)28-19-7-4-17(25)5-8-19/h2-11,14,21-22H,12-13,15H2,1H3,(H2,28,29,31)/t21?,22-/m1/s1. The number of nitrogens with one attached hydrogen (secondary N) is 2. The molecule has 0 spiro atoms. The Morgan fingerprint density at radius 1 is 1.12 bits per heavy atom. The summed E-state index contributed by atoms with van der Waals surface area (Å²) in [5.74, 6) is 1.13. The number of piperidine rings is 1. The van der Waals surface area contributed by atoms with Gasteiger partial charge in [0.15, 0.2) is 0 Å². The number of halogens is 2. The lowest BCUT2D eigenvalue weighted by Crippen LogP contribution is -2.51. The van der Waals surface area contributed by atoms with Gasteiger partial charge in [-0.2, -0.15) is 0 Å². The largest absolute Gasteiger partial charge is 0.497 e. The number of urea groups is 1. The van der Waals surface area contributed by atoms with E-state index in [2.05, 4.69) is 20.5 Å². The smallest absolute Gasteiger partial charge is 0.319 e. The number of pyridine rings is 1. The molecular formula is C24H24ClFN4O2. The van der Waals surface area contributed by atoms with Gasteiger partial charge in [-0.25, -0.2) is 14.2 Å². The second-order valence-electron chi connectivity index (χ2n) is 7.66. The third-order valence-electron chi connectivity index (χ3n) is 5.61. The molecule has 2 atom stereocenters. The molecule has 3 aromatic rings. The van der Waals surface area contributed by atoms with Crippen molar-refractivity contribution in [2.45, 2.75) is 18.4 Å². The summed E-state index contributed by atoms with van der Waals surface area (Å²) in [6.07, 6.45) is 1.94. The molecule has 2 aromatic carbocycles. The van der Waals surface area contributed by atoms with E-state index in [4.69, 9.17) is 16.3 Å². The molecule has 8 heteroatoms. The average molecular weight is 455 g/mol. The van der Waals surface area contributed by atoms with E-state index in [9.17, 15) is 9.18 Å². The number of hydrogen-bond acceptors (Lipinski definition) is 4. The van der Waals surface area contributed by atoms with Crippen LogP contribution in [0.1, 0.15) is 17.9 Å². The highest BCUT2D eigenvalue weighted by Gasteiger charge is 2.32. The van der Waals surface area contributed by atoms with Gasteiger partial charge in [0.25, 0.3) is 0 Å². The molecule has 1 fully saturated rings. The van der Waals surface area contributed by atoms with E-state index < -0.39 is 0 Å². The number of carbonyl (C=O) groups excluding carboxylic acids is 1. The van der Waals surface area contributed by atoms with E-state index >= 15 is 0 Å². The van der Waals surface area contributed by atoms with Crippen molar-refractivity contribution >= 4 is 29.1 Å². The molecule has 2 N–H and O–H groups in total. The van der Waals surface area contributed by atoms with Crippen LogP contribution in [0.3, 0.4) is 0 Å². The van der Waals surface area contributed by atoms with Crippen LogP contribution in [0.4, 0.5) is 20.7 Å². The van der Waals surface area contributed by atoms with E-state index in [0.717, 1.165) is 11.3 Å². The predicted molar refractivity (Wildman–Crippen MR) is 124 cm³/mol. The van der Waals surface area contributed by atoms with Crippen LogP contribution in [0.25, 0.3) is 0 Å². The van der Waals surface area contributed by atoms with Gasteiger partial charge in [0.1, 0.15) is 17.4 Å². The molecule has 32 heavy (non-hydrogen) atoms. The van der Waals surface area contributed by atoms with Crippen LogP contribution >= 0.6 is 11.6 Å². The molecule has 1 aliphatic heterocycles. The molecule has 6 nitrogen and oxygen atoms in total. The number of anilines is 2. The van der Waals surface area contributed by atoms with Crippen molar-refractivity contribution < 1.29 is 13.9 Å². The summed E-state index contributed by atoms with van der Waals surface area (Å²) < 4.78 is 18.6. The van der Waals surface area contributed by atoms with Gasteiger partial charge in [-0.15, -0.1) is 0 Å². The summed E-state index contributed by atoms with van der Waals surface area (Å²) >= 11 is 5.92.